The molecule has 0 aliphatic carbocycles. The van der Waals surface area contributed by atoms with E-state index in [-0.39, 0.29) is 37.1 Å². The van der Waals surface area contributed by atoms with Crippen LogP contribution in [0.3, 0.4) is 0 Å². The largest absolute Gasteiger partial charge is 0.481 e. The normalized spacial score (nSPS) is 23.4. The minimum Gasteiger partial charge on any atom is -0.481 e. The first-order valence-electron chi connectivity index (χ1n) is 10.5. The quantitative estimate of drug-likeness (QED) is 0.626. The highest BCUT2D eigenvalue weighted by Crippen LogP contribution is 2.43. The molecule has 1 fully saturated rings. The number of amides is 2. The van der Waals surface area contributed by atoms with Gasteiger partial charge in [0.1, 0.15) is 11.6 Å². The number of aliphatic carboxylic acids is 1. The molecule has 1 unspecified atom stereocenters. The van der Waals surface area contributed by atoms with Gasteiger partial charge in [0.05, 0.1) is 19.6 Å². The molecule has 8 heteroatoms. The zero-order chi connectivity index (χ0) is 22.8. The van der Waals surface area contributed by atoms with Crippen molar-refractivity contribution in [2.75, 3.05) is 26.9 Å². The predicted molar refractivity (Wildman–Crippen MR) is 118 cm³/mol. The maximum atomic E-state index is 12.8. The van der Waals surface area contributed by atoms with Crippen LogP contribution < -0.4 is 5.32 Å². The summed E-state index contributed by atoms with van der Waals surface area (Å²) in [4.78, 5) is 25.2. The number of hydrogen-bond donors (Lipinski definition) is 2. The summed E-state index contributed by atoms with van der Waals surface area (Å²) in [5.41, 5.74) is 2.09. The molecule has 0 spiro atoms. The van der Waals surface area contributed by atoms with E-state index < -0.39 is 11.5 Å². The van der Waals surface area contributed by atoms with Gasteiger partial charge in [0, 0.05) is 30.5 Å². The topological polar surface area (TPSA) is 88.1 Å². The number of carboxylic acids is 1. The van der Waals surface area contributed by atoms with E-state index in [0.717, 1.165) is 29.5 Å². The number of rotatable bonds is 8. The van der Waals surface area contributed by atoms with Crippen LogP contribution in [0.4, 0.5) is 4.79 Å². The van der Waals surface area contributed by atoms with Crippen LogP contribution in [-0.2, 0) is 26.2 Å². The summed E-state index contributed by atoms with van der Waals surface area (Å²) in [6, 6.07) is 5.55. The molecule has 2 amide bonds. The van der Waals surface area contributed by atoms with Crippen molar-refractivity contribution in [3.8, 4) is 0 Å². The fraction of sp³-hybridized carbons (Fsp3) is 0.565. The lowest BCUT2D eigenvalue weighted by atomic mass is 9.81. The molecule has 0 aromatic heterocycles. The van der Waals surface area contributed by atoms with Crippen molar-refractivity contribution < 1.29 is 24.2 Å². The minimum absolute atomic E-state index is 0.0763. The van der Waals surface area contributed by atoms with Gasteiger partial charge in [0.15, 0.2) is 0 Å². The molecule has 7 nitrogen and oxygen atoms in total. The number of carboxylic acid groups (broad SMARTS) is 1. The summed E-state index contributed by atoms with van der Waals surface area (Å²) in [7, 11) is 1.59. The molecule has 2 aliphatic heterocycles. The SMILES string of the molecule is COCC1OC[C@@]2(c3ccc(CCC(C)(C)C)c(Cl)c3)NC(=O)N(CCC(=O)O)C=C12. The van der Waals surface area contributed by atoms with Crippen LogP contribution in [0.1, 0.15) is 44.7 Å². The van der Waals surface area contributed by atoms with Crippen molar-refractivity contribution in [3.05, 3.63) is 46.1 Å². The highest BCUT2D eigenvalue weighted by Gasteiger charge is 2.51. The Morgan fingerprint density at radius 1 is 1.42 bits per heavy atom. The summed E-state index contributed by atoms with van der Waals surface area (Å²) in [6.07, 6.45) is 3.10. The fourth-order valence-electron chi connectivity index (χ4n) is 3.97. The van der Waals surface area contributed by atoms with E-state index in [1.807, 2.05) is 18.2 Å². The summed E-state index contributed by atoms with van der Waals surface area (Å²) in [6.45, 7) is 7.25. The molecule has 2 N–H and O–H groups in total. The number of fused-ring (bicyclic) bond motifs is 1. The smallest absolute Gasteiger partial charge is 0.322 e. The van der Waals surface area contributed by atoms with Crippen LogP contribution in [0.15, 0.2) is 30.0 Å². The van der Waals surface area contributed by atoms with Crippen LogP contribution in [0.5, 0.6) is 0 Å². The molecule has 0 radical (unpaired) electrons. The second kappa shape index (κ2) is 9.18. The fourth-order valence-corrected chi connectivity index (χ4v) is 4.25. The third-order valence-electron chi connectivity index (χ3n) is 5.79. The minimum atomic E-state index is -0.961. The number of carbonyl (C=O) groups is 2. The molecule has 3 rings (SSSR count). The van der Waals surface area contributed by atoms with Crippen LogP contribution >= 0.6 is 11.6 Å². The van der Waals surface area contributed by atoms with Crippen molar-refractivity contribution in [2.24, 2.45) is 5.41 Å². The van der Waals surface area contributed by atoms with E-state index in [4.69, 9.17) is 26.2 Å². The van der Waals surface area contributed by atoms with E-state index >= 15 is 0 Å². The standard InChI is InChI=1S/C23H31ClN2O5/c1-22(2,3)9-7-15-5-6-16(11-18(15)24)23-14-31-19(13-30-4)17(23)12-26(21(29)25-23)10-8-20(27)28/h5-6,11-12,19H,7-10,13-14H2,1-4H3,(H,25,29)(H,27,28)/t19?,23-/m0/s1. The van der Waals surface area contributed by atoms with E-state index in [0.29, 0.717) is 11.6 Å². The van der Waals surface area contributed by atoms with Gasteiger partial charge in [-0.2, -0.15) is 0 Å². The van der Waals surface area contributed by atoms with Gasteiger partial charge in [-0.05, 0) is 35.4 Å². The second-order valence-electron chi connectivity index (χ2n) is 9.38. The first kappa shape index (κ1) is 23.6. The Balaban J connectivity index is 1.94. The summed E-state index contributed by atoms with van der Waals surface area (Å²) >= 11 is 6.64. The van der Waals surface area contributed by atoms with Crippen LogP contribution in [0, 0.1) is 5.41 Å². The van der Waals surface area contributed by atoms with Gasteiger partial charge in [-0.15, -0.1) is 0 Å². The van der Waals surface area contributed by atoms with Gasteiger partial charge in [-0.25, -0.2) is 4.79 Å². The zero-order valence-electron chi connectivity index (χ0n) is 18.5. The van der Waals surface area contributed by atoms with Gasteiger partial charge in [-0.3, -0.25) is 4.79 Å². The monoisotopic (exact) mass is 450 g/mol. The average Bonchev–Trinajstić information content (AvgIpc) is 3.03. The highest BCUT2D eigenvalue weighted by atomic mass is 35.5. The molecule has 1 saturated heterocycles. The summed E-state index contributed by atoms with van der Waals surface area (Å²) < 4.78 is 11.3. The number of aryl methyl sites for hydroxylation is 1. The van der Waals surface area contributed by atoms with E-state index in [2.05, 4.69) is 26.1 Å². The number of nitrogens with zero attached hydrogens (tertiary/aromatic N) is 1. The lowest BCUT2D eigenvalue weighted by Gasteiger charge is -2.39. The van der Waals surface area contributed by atoms with Gasteiger partial charge < -0.3 is 24.8 Å². The number of hydrogen-bond acceptors (Lipinski definition) is 4. The molecule has 2 heterocycles. The zero-order valence-corrected chi connectivity index (χ0v) is 19.3. The van der Waals surface area contributed by atoms with E-state index in [9.17, 15) is 9.59 Å². The predicted octanol–water partition coefficient (Wildman–Crippen LogP) is 3.94. The van der Waals surface area contributed by atoms with Gasteiger partial charge in [-0.1, -0.05) is 44.5 Å². The molecule has 0 saturated carbocycles. The van der Waals surface area contributed by atoms with Crippen LogP contribution in [-0.4, -0.2) is 55.0 Å². The Hall–Kier alpha value is -2.09. The maximum absolute atomic E-state index is 12.8. The molecule has 2 aliphatic rings. The number of nitrogens with one attached hydrogen (secondary N) is 1. The molecular formula is C23H31ClN2O5. The number of carbonyl (C=O) groups excluding carboxylic acids is 1. The van der Waals surface area contributed by atoms with Crippen molar-refractivity contribution >= 4 is 23.6 Å². The third kappa shape index (κ3) is 5.22. The highest BCUT2D eigenvalue weighted by molar-refractivity contribution is 6.31. The van der Waals surface area contributed by atoms with Gasteiger partial charge in [0.2, 0.25) is 0 Å². The van der Waals surface area contributed by atoms with Crippen LogP contribution in [0.25, 0.3) is 0 Å². The Morgan fingerprint density at radius 3 is 2.77 bits per heavy atom. The summed E-state index contributed by atoms with van der Waals surface area (Å²) in [5.74, 6) is -0.961. The number of benzene rings is 1. The van der Waals surface area contributed by atoms with Gasteiger partial charge in [0.25, 0.3) is 0 Å². The Bertz CT molecular complexity index is 879. The Kier molecular flexibility index (Phi) is 6.98. The van der Waals surface area contributed by atoms with Gasteiger partial charge >= 0.3 is 12.0 Å². The molecule has 1 aromatic rings. The van der Waals surface area contributed by atoms with Crippen molar-refractivity contribution in [3.63, 3.8) is 0 Å². The Morgan fingerprint density at radius 2 is 2.16 bits per heavy atom. The molecule has 0 bridgehead atoms. The maximum Gasteiger partial charge on any atom is 0.322 e. The third-order valence-corrected chi connectivity index (χ3v) is 6.14. The summed E-state index contributed by atoms with van der Waals surface area (Å²) in [5, 5.41) is 12.7. The van der Waals surface area contributed by atoms with E-state index in [1.54, 1.807) is 13.3 Å². The van der Waals surface area contributed by atoms with Crippen LogP contribution in [0.2, 0.25) is 5.02 Å². The molecular weight excluding hydrogens is 420 g/mol. The lowest BCUT2D eigenvalue weighted by Crippen LogP contribution is -2.56. The first-order chi connectivity index (χ1) is 14.6. The van der Waals surface area contributed by atoms with Crippen molar-refractivity contribution in [1.29, 1.82) is 0 Å². The Labute approximate surface area is 188 Å². The number of methoxy groups -OCH3 is 1. The number of ether oxygens (including phenoxy) is 2. The number of halogens is 1. The van der Waals surface area contributed by atoms with E-state index in [1.165, 1.54) is 4.90 Å². The van der Waals surface area contributed by atoms with Crippen molar-refractivity contribution in [2.45, 2.75) is 51.7 Å². The average molecular weight is 451 g/mol. The lowest BCUT2D eigenvalue weighted by molar-refractivity contribution is -0.137. The first-order valence-corrected chi connectivity index (χ1v) is 10.9. The second-order valence-corrected chi connectivity index (χ2v) is 9.79. The molecule has 1 aromatic carbocycles. The molecule has 31 heavy (non-hydrogen) atoms. The molecule has 2 atom stereocenters. The molecule has 170 valence electrons. The number of urea groups is 1. The van der Waals surface area contributed by atoms with Crippen molar-refractivity contribution in [1.82, 2.24) is 10.2 Å².